The van der Waals surface area contributed by atoms with Crippen LogP contribution >= 0.6 is 11.3 Å². The van der Waals surface area contributed by atoms with Crippen LogP contribution in [0.3, 0.4) is 0 Å². The Hall–Kier alpha value is -3.32. The molecule has 0 bridgehead atoms. The summed E-state index contributed by atoms with van der Waals surface area (Å²) in [5.74, 6) is -4.19. The average Bonchev–Trinajstić information content (AvgIpc) is 3.42. The molecule has 2 aromatic carbocycles. The van der Waals surface area contributed by atoms with Crippen LogP contribution in [0.15, 0.2) is 59.5 Å². The van der Waals surface area contributed by atoms with Gasteiger partial charge in [0.15, 0.2) is 11.6 Å². The Bertz CT molecular complexity index is 1270. The number of benzene rings is 2. The molecule has 32 heavy (non-hydrogen) atoms. The van der Waals surface area contributed by atoms with Crippen molar-refractivity contribution in [3.05, 3.63) is 92.7 Å². The van der Waals surface area contributed by atoms with Gasteiger partial charge in [0, 0.05) is 22.2 Å². The van der Waals surface area contributed by atoms with Gasteiger partial charge in [0.05, 0.1) is 5.57 Å². The zero-order chi connectivity index (χ0) is 22.4. The van der Waals surface area contributed by atoms with Crippen molar-refractivity contribution in [2.24, 2.45) is 0 Å². The van der Waals surface area contributed by atoms with Crippen molar-refractivity contribution >= 4 is 34.5 Å². The van der Waals surface area contributed by atoms with E-state index in [0.717, 1.165) is 48.3 Å². The van der Waals surface area contributed by atoms with E-state index in [9.17, 15) is 23.5 Å². The molecule has 1 aromatic heterocycles. The molecule has 1 saturated heterocycles. The number of hydrogen-bond donors (Lipinski definition) is 1. The van der Waals surface area contributed by atoms with Crippen LogP contribution in [0.1, 0.15) is 40.5 Å². The van der Waals surface area contributed by atoms with Gasteiger partial charge >= 0.3 is 0 Å². The Labute approximate surface area is 187 Å². The summed E-state index contributed by atoms with van der Waals surface area (Å²) in [7, 11) is 0. The highest BCUT2D eigenvalue weighted by Gasteiger charge is 2.47. The van der Waals surface area contributed by atoms with E-state index in [0.29, 0.717) is 10.4 Å². The lowest BCUT2D eigenvalue weighted by Crippen LogP contribution is -2.29. The first kappa shape index (κ1) is 20.6. The molecule has 162 valence electrons. The number of aliphatic hydroxyl groups is 1. The van der Waals surface area contributed by atoms with Gasteiger partial charge in [0.2, 0.25) is 0 Å². The third kappa shape index (κ3) is 3.33. The van der Waals surface area contributed by atoms with E-state index in [1.54, 1.807) is 23.6 Å². The van der Waals surface area contributed by atoms with Gasteiger partial charge in [0.1, 0.15) is 11.8 Å². The van der Waals surface area contributed by atoms with Crippen LogP contribution in [0, 0.1) is 11.6 Å². The number of rotatable bonds is 3. The Morgan fingerprint density at radius 1 is 0.969 bits per heavy atom. The normalized spacial score (nSPS) is 19.9. The minimum Gasteiger partial charge on any atom is -0.507 e. The van der Waals surface area contributed by atoms with Gasteiger partial charge in [-0.3, -0.25) is 14.5 Å². The average molecular weight is 451 g/mol. The number of nitrogens with zero attached hydrogens (tertiary/aromatic N) is 1. The van der Waals surface area contributed by atoms with Crippen LogP contribution in [0.5, 0.6) is 0 Å². The number of hydrogen-bond acceptors (Lipinski definition) is 4. The number of aliphatic hydroxyl groups excluding tert-OH is 1. The van der Waals surface area contributed by atoms with Gasteiger partial charge in [-0.15, -0.1) is 11.3 Å². The van der Waals surface area contributed by atoms with Crippen molar-refractivity contribution in [2.75, 3.05) is 4.90 Å². The topological polar surface area (TPSA) is 57.6 Å². The van der Waals surface area contributed by atoms with E-state index >= 15 is 0 Å². The van der Waals surface area contributed by atoms with E-state index in [1.165, 1.54) is 23.0 Å². The number of thiophene rings is 1. The Morgan fingerprint density at radius 2 is 1.75 bits per heavy atom. The van der Waals surface area contributed by atoms with Gasteiger partial charge in [-0.25, -0.2) is 8.78 Å². The number of halogens is 2. The van der Waals surface area contributed by atoms with Gasteiger partial charge in [-0.05, 0) is 66.5 Å². The molecule has 1 amide bonds. The molecule has 0 radical (unpaired) electrons. The third-order valence-corrected chi connectivity index (χ3v) is 6.99. The first-order chi connectivity index (χ1) is 15.5. The monoisotopic (exact) mass is 451 g/mol. The molecule has 3 aromatic rings. The number of amides is 1. The predicted octanol–water partition coefficient (Wildman–Crippen LogP) is 5.53. The van der Waals surface area contributed by atoms with Crippen LogP contribution in [-0.4, -0.2) is 16.8 Å². The van der Waals surface area contributed by atoms with E-state index in [1.807, 2.05) is 12.1 Å². The Morgan fingerprint density at radius 3 is 2.47 bits per heavy atom. The minimum absolute atomic E-state index is 0.0499. The molecule has 1 fully saturated rings. The summed E-state index contributed by atoms with van der Waals surface area (Å²) in [6, 6.07) is 11.2. The molecule has 1 N–H and O–H groups in total. The van der Waals surface area contributed by atoms with Crippen molar-refractivity contribution in [2.45, 2.75) is 31.7 Å². The first-order valence-corrected chi connectivity index (χ1v) is 11.3. The maximum atomic E-state index is 14.0. The van der Waals surface area contributed by atoms with Crippen LogP contribution in [0.2, 0.25) is 0 Å². The lowest BCUT2D eigenvalue weighted by Gasteiger charge is -2.24. The van der Waals surface area contributed by atoms with Crippen molar-refractivity contribution < 1.29 is 23.5 Å². The summed E-state index contributed by atoms with van der Waals surface area (Å²) in [6.45, 7) is 0. The number of carbonyl (C=O) groups is 2. The molecule has 0 spiro atoms. The molecule has 1 aliphatic heterocycles. The van der Waals surface area contributed by atoms with Crippen LogP contribution in [0.25, 0.3) is 5.76 Å². The highest BCUT2D eigenvalue weighted by Crippen LogP contribution is 2.44. The summed E-state index contributed by atoms with van der Waals surface area (Å²) in [4.78, 5) is 27.8. The molecule has 1 unspecified atom stereocenters. The Kier molecular flexibility index (Phi) is 5.13. The van der Waals surface area contributed by atoms with Gasteiger partial charge in [0.25, 0.3) is 11.7 Å². The minimum atomic E-state index is -1.12. The Balaban J connectivity index is 1.67. The maximum absolute atomic E-state index is 14.0. The second-order valence-electron chi connectivity index (χ2n) is 7.97. The number of Topliss-reactive ketones (excluding diaryl/α,β-unsaturated/α-hetero) is 1. The van der Waals surface area contributed by atoms with Crippen LogP contribution < -0.4 is 4.90 Å². The fraction of sp³-hybridized carbons (Fsp3) is 0.200. The fourth-order valence-corrected chi connectivity index (χ4v) is 5.31. The SMILES string of the molecule is O=C1C(=O)N(c2ccc(F)c(F)c2)C(c2cccs2)/C1=C(/O)c1ccc2c(c1)CCCC2. The quantitative estimate of drug-likeness (QED) is 0.324. The molecule has 5 rings (SSSR count). The molecule has 1 aliphatic carbocycles. The zero-order valence-corrected chi connectivity index (χ0v) is 17.8. The van der Waals surface area contributed by atoms with Crippen LogP contribution in [0.4, 0.5) is 14.5 Å². The molecule has 1 atom stereocenters. The lowest BCUT2D eigenvalue weighted by atomic mass is 9.89. The summed E-state index contributed by atoms with van der Waals surface area (Å²) in [5.41, 5.74) is 2.81. The molecule has 7 heteroatoms. The zero-order valence-electron chi connectivity index (χ0n) is 17.0. The standard InChI is InChI=1S/C25H19F2NO3S/c26-18-10-9-17(13-19(18)27)28-22(20-6-3-11-32-20)21(24(30)25(28)31)23(29)16-8-7-14-4-1-2-5-15(14)12-16/h3,6-13,22,29H,1-2,4-5H2/b23-21-. The van der Waals surface area contributed by atoms with Gasteiger partial charge < -0.3 is 5.11 Å². The molecule has 2 heterocycles. The van der Waals surface area contributed by atoms with Gasteiger partial charge in [-0.1, -0.05) is 18.2 Å². The smallest absolute Gasteiger partial charge is 0.300 e. The van der Waals surface area contributed by atoms with Crippen LogP contribution in [-0.2, 0) is 22.4 Å². The number of aryl methyl sites for hydroxylation is 2. The molecule has 0 saturated carbocycles. The summed E-state index contributed by atoms with van der Waals surface area (Å²) in [6.07, 6.45) is 4.06. The summed E-state index contributed by atoms with van der Waals surface area (Å²) < 4.78 is 27.5. The number of ketones is 1. The third-order valence-electron chi connectivity index (χ3n) is 6.06. The fourth-order valence-electron chi connectivity index (χ4n) is 4.49. The first-order valence-electron chi connectivity index (χ1n) is 10.4. The highest BCUT2D eigenvalue weighted by atomic mass is 32.1. The van der Waals surface area contributed by atoms with E-state index in [-0.39, 0.29) is 17.0 Å². The summed E-state index contributed by atoms with van der Waals surface area (Å²) >= 11 is 1.31. The number of carbonyl (C=O) groups excluding carboxylic acids is 2. The molecular weight excluding hydrogens is 432 g/mol. The highest BCUT2D eigenvalue weighted by molar-refractivity contribution is 7.10. The largest absolute Gasteiger partial charge is 0.507 e. The summed E-state index contributed by atoms with van der Waals surface area (Å²) in [5, 5.41) is 13.0. The van der Waals surface area contributed by atoms with E-state index < -0.39 is 29.4 Å². The molecule has 2 aliphatic rings. The van der Waals surface area contributed by atoms with Crippen molar-refractivity contribution in [1.82, 2.24) is 0 Å². The van der Waals surface area contributed by atoms with Crippen molar-refractivity contribution in [3.63, 3.8) is 0 Å². The second kappa shape index (κ2) is 7.98. The number of anilines is 1. The number of fused-ring (bicyclic) bond motifs is 1. The van der Waals surface area contributed by atoms with Crippen molar-refractivity contribution in [1.29, 1.82) is 0 Å². The lowest BCUT2D eigenvalue weighted by molar-refractivity contribution is -0.132. The molecular formula is C25H19F2NO3S. The van der Waals surface area contributed by atoms with Gasteiger partial charge in [-0.2, -0.15) is 0 Å². The maximum Gasteiger partial charge on any atom is 0.300 e. The van der Waals surface area contributed by atoms with E-state index in [2.05, 4.69) is 0 Å². The van der Waals surface area contributed by atoms with Crippen molar-refractivity contribution in [3.8, 4) is 0 Å². The van der Waals surface area contributed by atoms with E-state index in [4.69, 9.17) is 0 Å². The second-order valence-corrected chi connectivity index (χ2v) is 8.95. The predicted molar refractivity (Wildman–Crippen MR) is 119 cm³/mol. The molecule has 4 nitrogen and oxygen atoms in total.